The highest BCUT2D eigenvalue weighted by Gasteiger charge is 2.00. The number of rotatable bonds is 7. The van der Waals surface area contributed by atoms with Gasteiger partial charge in [0.1, 0.15) is 16.1 Å². The average molecular weight is 355 g/mol. The maximum Gasteiger partial charge on any atom is 0.150 e. The summed E-state index contributed by atoms with van der Waals surface area (Å²) in [4.78, 5) is 10.6. The summed E-state index contributed by atoms with van der Waals surface area (Å²) in [6.07, 6.45) is 8.19. The maximum absolute atomic E-state index is 10.6. The van der Waals surface area contributed by atoms with Gasteiger partial charge in [-0.05, 0) is 31.4 Å². The number of allylic oxidation sites excluding steroid dienone is 2. The molecule has 1 rings (SSSR count). The summed E-state index contributed by atoms with van der Waals surface area (Å²) in [6.45, 7) is 9.99. The quantitative estimate of drug-likeness (QED) is 0.382. The Morgan fingerprint density at radius 3 is 2.08 bits per heavy atom. The molecule has 0 unspecified atom stereocenters. The Balaban J connectivity index is 0. The van der Waals surface area contributed by atoms with E-state index >= 15 is 0 Å². The first kappa shape index (κ1) is 24.8. The van der Waals surface area contributed by atoms with Crippen molar-refractivity contribution in [1.82, 2.24) is 0 Å². The summed E-state index contributed by atoms with van der Waals surface area (Å²) >= 11 is 0. The molecule has 1 aromatic rings. The molecule has 3 nitrogen and oxygen atoms in total. The second-order valence-electron chi connectivity index (χ2n) is 5.37. The van der Waals surface area contributed by atoms with Crippen LogP contribution in [0.25, 0.3) is 5.57 Å². The fourth-order valence-corrected chi connectivity index (χ4v) is 2.70. The van der Waals surface area contributed by atoms with E-state index in [1.165, 1.54) is 6.26 Å². The Morgan fingerprint density at radius 2 is 1.67 bits per heavy atom. The van der Waals surface area contributed by atoms with Crippen LogP contribution in [0.1, 0.15) is 64.5 Å². The van der Waals surface area contributed by atoms with E-state index in [2.05, 4.69) is 6.92 Å². The second kappa shape index (κ2) is 15.1. The Bertz CT molecular complexity index is 572. The molecule has 0 bridgehead atoms. The largest absolute Gasteiger partial charge is 0.298 e. The first-order valence-corrected chi connectivity index (χ1v) is 10.8. The van der Waals surface area contributed by atoms with Gasteiger partial charge in [0.05, 0.1) is 0 Å². The number of benzene rings is 1. The number of aryl methyl sites for hydroxylation is 1. The zero-order chi connectivity index (χ0) is 19.0. The zero-order valence-corrected chi connectivity index (χ0v) is 16.9. The molecule has 0 aliphatic rings. The molecule has 0 fully saturated rings. The summed E-state index contributed by atoms with van der Waals surface area (Å²) in [5.41, 5.74) is 2.92. The third kappa shape index (κ3) is 13.1. The molecule has 0 radical (unpaired) electrons. The first-order chi connectivity index (χ1) is 11.4. The van der Waals surface area contributed by atoms with Crippen molar-refractivity contribution in [2.24, 2.45) is 0 Å². The minimum atomic E-state index is -2.70. The van der Waals surface area contributed by atoms with Crippen LogP contribution in [-0.4, -0.2) is 26.7 Å². The number of unbranched alkanes of at least 4 members (excludes halogenated alkanes) is 3. The van der Waals surface area contributed by atoms with E-state index in [0.717, 1.165) is 48.7 Å². The topological polar surface area (TPSA) is 51.2 Å². The summed E-state index contributed by atoms with van der Waals surface area (Å²) in [5.74, 6) is 0.354. The molecule has 0 spiro atoms. The Hall–Kier alpha value is -1.42. The number of carbonyl (C=O) groups is 1. The van der Waals surface area contributed by atoms with Crippen LogP contribution in [0.5, 0.6) is 0 Å². The molecule has 4 heteroatoms. The molecule has 0 saturated carbocycles. The molecule has 0 atom stereocenters. The first-order valence-electron chi connectivity index (χ1n) is 8.71. The molecule has 24 heavy (non-hydrogen) atoms. The van der Waals surface area contributed by atoms with Gasteiger partial charge in [0, 0.05) is 17.6 Å². The Morgan fingerprint density at radius 1 is 1.08 bits per heavy atom. The maximum atomic E-state index is 10.6. The summed E-state index contributed by atoms with van der Waals surface area (Å²) in [6, 6.07) is 7.87. The number of hydrogen-bond donors (Lipinski definition) is 0. The van der Waals surface area contributed by atoms with Crippen molar-refractivity contribution < 1.29 is 13.2 Å². The van der Waals surface area contributed by atoms with Gasteiger partial charge >= 0.3 is 0 Å². The van der Waals surface area contributed by atoms with Crippen molar-refractivity contribution in [3.63, 3.8) is 0 Å². The van der Waals surface area contributed by atoms with Gasteiger partial charge in [0.15, 0.2) is 0 Å². The van der Waals surface area contributed by atoms with Crippen LogP contribution in [0.15, 0.2) is 30.3 Å². The van der Waals surface area contributed by atoms with E-state index in [1.807, 2.05) is 58.0 Å². The van der Waals surface area contributed by atoms with Gasteiger partial charge < -0.3 is 0 Å². The zero-order valence-electron chi connectivity index (χ0n) is 16.1. The highest BCUT2D eigenvalue weighted by atomic mass is 32.2. The fourth-order valence-electron chi connectivity index (χ4n) is 1.97. The number of hydrogen-bond acceptors (Lipinski definition) is 3. The second-order valence-corrected chi connectivity index (χ2v) is 7.63. The van der Waals surface area contributed by atoms with Crippen LogP contribution in [0.3, 0.4) is 0 Å². The van der Waals surface area contributed by atoms with Crippen molar-refractivity contribution >= 4 is 21.7 Å². The standard InChI is InChI=1S/C11H12O.C7H16O2S.C2H6/c1-3-10(8-12)11-7-5-4-6-9(11)2;1-3-4-5-6-7-10(2,8)9;1-2/h3-8H,1-2H3;3-7H2,1-2H3;1-2H3/b10-3-;;. The molecular weight excluding hydrogens is 320 g/mol. The molecule has 0 amide bonds. The number of sulfone groups is 1. The predicted octanol–water partition coefficient (Wildman–Crippen LogP) is 5.23. The van der Waals surface area contributed by atoms with Crippen molar-refractivity contribution in [1.29, 1.82) is 0 Å². The molecular formula is C20H34O3S. The molecule has 0 heterocycles. The van der Waals surface area contributed by atoms with Crippen LogP contribution >= 0.6 is 0 Å². The molecule has 0 aliphatic heterocycles. The van der Waals surface area contributed by atoms with Crippen LogP contribution in [0.2, 0.25) is 0 Å². The van der Waals surface area contributed by atoms with E-state index in [1.54, 1.807) is 0 Å². The lowest BCUT2D eigenvalue weighted by Gasteiger charge is -2.02. The monoisotopic (exact) mass is 354 g/mol. The minimum Gasteiger partial charge on any atom is -0.298 e. The van der Waals surface area contributed by atoms with E-state index < -0.39 is 9.84 Å². The van der Waals surface area contributed by atoms with E-state index in [4.69, 9.17) is 0 Å². The Labute approximate surface area is 149 Å². The van der Waals surface area contributed by atoms with E-state index in [-0.39, 0.29) is 0 Å². The van der Waals surface area contributed by atoms with Gasteiger partial charge in [0.25, 0.3) is 0 Å². The van der Waals surface area contributed by atoms with Crippen molar-refractivity contribution in [3.05, 3.63) is 41.5 Å². The van der Waals surface area contributed by atoms with E-state index in [0.29, 0.717) is 5.75 Å². The van der Waals surface area contributed by atoms with Crippen molar-refractivity contribution in [2.75, 3.05) is 12.0 Å². The lowest BCUT2D eigenvalue weighted by Crippen LogP contribution is -2.02. The average Bonchev–Trinajstić information content (AvgIpc) is 2.56. The van der Waals surface area contributed by atoms with Gasteiger partial charge in [-0.25, -0.2) is 8.42 Å². The number of aldehydes is 1. The van der Waals surface area contributed by atoms with Gasteiger partial charge in [-0.1, -0.05) is 70.4 Å². The summed E-state index contributed by atoms with van der Waals surface area (Å²) in [5, 5.41) is 0. The van der Waals surface area contributed by atoms with Crippen molar-refractivity contribution in [2.45, 2.75) is 60.3 Å². The summed E-state index contributed by atoms with van der Waals surface area (Å²) < 4.78 is 21.2. The minimum absolute atomic E-state index is 0.354. The highest BCUT2D eigenvalue weighted by Crippen LogP contribution is 2.15. The highest BCUT2D eigenvalue weighted by molar-refractivity contribution is 7.90. The Kier molecular flexibility index (Phi) is 15.6. The van der Waals surface area contributed by atoms with Crippen LogP contribution in [0, 0.1) is 6.92 Å². The predicted molar refractivity (Wildman–Crippen MR) is 106 cm³/mol. The third-order valence-electron chi connectivity index (χ3n) is 3.26. The van der Waals surface area contributed by atoms with Gasteiger partial charge in [-0.3, -0.25) is 4.79 Å². The molecule has 1 aromatic carbocycles. The number of carbonyl (C=O) groups excluding carboxylic acids is 1. The molecule has 0 aliphatic carbocycles. The molecule has 0 saturated heterocycles. The normalized spacial score (nSPS) is 10.8. The van der Waals surface area contributed by atoms with Crippen molar-refractivity contribution in [3.8, 4) is 0 Å². The van der Waals surface area contributed by atoms with Gasteiger partial charge in [0.2, 0.25) is 0 Å². The smallest absolute Gasteiger partial charge is 0.150 e. The van der Waals surface area contributed by atoms with Gasteiger partial charge in [-0.15, -0.1) is 0 Å². The van der Waals surface area contributed by atoms with Crippen LogP contribution in [-0.2, 0) is 14.6 Å². The SMILES string of the molecule is C/C=C(/C=O)c1ccccc1C.CC.CCCCCCS(C)(=O)=O. The molecule has 0 aromatic heterocycles. The fraction of sp³-hybridized carbons (Fsp3) is 0.550. The van der Waals surface area contributed by atoms with Crippen LogP contribution < -0.4 is 0 Å². The van der Waals surface area contributed by atoms with Crippen LogP contribution in [0.4, 0.5) is 0 Å². The molecule has 138 valence electrons. The molecule has 0 N–H and O–H groups in total. The third-order valence-corrected chi connectivity index (χ3v) is 4.29. The lowest BCUT2D eigenvalue weighted by molar-refractivity contribution is -0.103. The van der Waals surface area contributed by atoms with E-state index in [9.17, 15) is 13.2 Å². The van der Waals surface area contributed by atoms with Gasteiger partial charge in [-0.2, -0.15) is 0 Å². The summed E-state index contributed by atoms with van der Waals surface area (Å²) in [7, 11) is -2.70. The lowest BCUT2D eigenvalue weighted by atomic mass is 10.0.